The molecule has 130 valence electrons. The van der Waals surface area contributed by atoms with Crippen molar-refractivity contribution in [3.8, 4) is 0 Å². The summed E-state index contributed by atoms with van der Waals surface area (Å²) in [4.78, 5) is 25.2. The van der Waals surface area contributed by atoms with Crippen LogP contribution >= 0.6 is 0 Å². The van der Waals surface area contributed by atoms with Crippen LogP contribution in [-0.4, -0.2) is 14.6 Å². The highest BCUT2D eigenvalue weighted by Gasteiger charge is 2.05. The summed E-state index contributed by atoms with van der Waals surface area (Å²) in [6, 6.07) is 9.75. The van der Waals surface area contributed by atoms with Crippen LogP contribution in [0.15, 0.2) is 58.0 Å². The van der Waals surface area contributed by atoms with Gasteiger partial charge in [0, 0.05) is 31.6 Å². The highest BCUT2D eigenvalue weighted by molar-refractivity contribution is 5.20. The molecule has 0 saturated heterocycles. The third kappa shape index (κ3) is 5.77. The van der Waals surface area contributed by atoms with Gasteiger partial charge in [-0.2, -0.15) is 0 Å². The lowest BCUT2D eigenvalue weighted by Crippen LogP contribution is -2.34. The van der Waals surface area contributed by atoms with Gasteiger partial charge in [-0.3, -0.25) is 9.78 Å². The number of aromatic nitrogens is 2. The molecule has 0 bridgehead atoms. The SMILES string of the molecule is CC.Cn1cc(CN(N)/C=C(\N)Cc2ccccc2)c(=O)[nH]c1=O. The maximum Gasteiger partial charge on any atom is 0.328 e. The Morgan fingerprint density at radius 3 is 2.50 bits per heavy atom. The van der Waals surface area contributed by atoms with Crippen molar-refractivity contribution in [2.45, 2.75) is 26.8 Å². The van der Waals surface area contributed by atoms with E-state index >= 15 is 0 Å². The smallest absolute Gasteiger partial charge is 0.328 e. The van der Waals surface area contributed by atoms with Crippen LogP contribution in [0.1, 0.15) is 25.0 Å². The quantitative estimate of drug-likeness (QED) is 0.555. The number of aryl methyl sites for hydroxylation is 1. The van der Waals surface area contributed by atoms with Gasteiger partial charge in [-0.1, -0.05) is 44.2 Å². The first-order chi connectivity index (χ1) is 11.5. The second-order valence-electron chi connectivity index (χ2n) is 5.06. The molecule has 2 rings (SSSR count). The summed E-state index contributed by atoms with van der Waals surface area (Å²) in [5.74, 6) is 5.85. The van der Waals surface area contributed by atoms with Crippen molar-refractivity contribution < 1.29 is 0 Å². The number of nitrogens with two attached hydrogens (primary N) is 2. The number of benzene rings is 1. The predicted octanol–water partition coefficient (Wildman–Crippen LogP) is 0.818. The molecule has 0 aliphatic heterocycles. The Kier molecular flexibility index (Phi) is 7.51. The Hall–Kier alpha value is -2.80. The average Bonchev–Trinajstić information content (AvgIpc) is 2.55. The van der Waals surface area contributed by atoms with Crippen LogP contribution in [-0.2, 0) is 20.0 Å². The average molecular weight is 331 g/mol. The van der Waals surface area contributed by atoms with Crippen molar-refractivity contribution in [2.24, 2.45) is 18.6 Å². The van der Waals surface area contributed by atoms with Gasteiger partial charge in [0.2, 0.25) is 0 Å². The minimum Gasteiger partial charge on any atom is -0.401 e. The van der Waals surface area contributed by atoms with Crippen molar-refractivity contribution in [1.82, 2.24) is 14.6 Å². The zero-order valence-corrected chi connectivity index (χ0v) is 14.3. The Morgan fingerprint density at radius 2 is 1.88 bits per heavy atom. The zero-order valence-electron chi connectivity index (χ0n) is 14.3. The topological polar surface area (TPSA) is 110 Å². The molecule has 0 aliphatic carbocycles. The van der Waals surface area contributed by atoms with Gasteiger partial charge >= 0.3 is 5.69 Å². The fraction of sp³-hybridized carbons (Fsp3) is 0.294. The summed E-state index contributed by atoms with van der Waals surface area (Å²) in [7, 11) is 1.56. The molecule has 5 N–H and O–H groups in total. The number of rotatable bonds is 5. The molecule has 1 aromatic heterocycles. The number of hydrogen-bond acceptors (Lipinski definition) is 5. The van der Waals surface area contributed by atoms with Crippen LogP contribution in [0.4, 0.5) is 0 Å². The highest BCUT2D eigenvalue weighted by Crippen LogP contribution is 2.04. The van der Waals surface area contributed by atoms with Crippen molar-refractivity contribution in [3.63, 3.8) is 0 Å². The zero-order chi connectivity index (χ0) is 18.1. The standard InChI is InChI=1S/C15H19N5O2.C2H6/c1-19-8-12(14(21)18-15(19)22)9-20(17)10-13(16)7-11-5-3-2-4-6-11;1-2/h2-6,8,10H,7,9,16-17H2,1H3,(H,18,21,22);1-2H3/b13-10-;. The normalized spacial score (nSPS) is 10.8. The minimum absolute atomic E-state index is 0.152. The van der Waals surface area contributed by atoms with Gasteiger partial charge in [0.15, 0.2) is 0 Å². The van der Waals surface area contributed by atoms with E-state index in [1.807, 2.05) is 44.2 Å². The fourth-order valence-corrected chi connectivity index (χ4v) is 2.06. The Balaban J connectivity index is 0.00000139. The lowest BCUT2D eigenvalue weighted by molar-refractivity contribution is 0.379. The fourth-order valence-electron chi connectivity index (χ4n) is 2.06. The Morgan fingerprint density at radius 1 is 1.25 bits per heavy atom. The first kappa shape index (κ1) is 19.2. The van der Waals surface area contributed by atoms with Crippen molar-refractivity contribution in [3.05, 3.63) is 80.4 Å². The second kappa shape index (κ2) is 9.36. The number of allylic oxidation sites excluding steroid dienone is 1. The molecule has 0 radical (unpaired) electrons. The molecule has 0 unspecified atom stereocenters. The van der Waals surface area contributed by atoms with Crippen molar-refractivity contribution in [2.75, 3.05) is 0 Å². The molecule has 7 heteroatoms. The molecule has 7 nitrogen and oxygen atoms in total. The largest absolute Gasteiger partial charge is 0.401 e. The van der Waals surface area contributed by atoms with Crippen LogP contribution < -0.4 is 22.8 Å². The first-order valence-corrected chi connectivity index (χ1v) is 7.76. The molecule has 0 saturated carbocycles. The van der Waals surface area contributed by atoms with Crippen LogP contribution in [0.3, 0.4) is 0 Å². The number of H-pyrrole nitrogens is 1. The molecule has 24 heavy (non-hydrogen) atoms. The van der Waals surface area contributed by atoms with E-state index in [0.29, 0.717) is 17.7 Å². The predicted molar refractivity (Wildman–Crippen MR) is 95.8 cm³/mol. The van der Waals surface area contributed by atoms with Crippen molar-refractivity contribution in [1.29, 1.82) is 0 Å². The Bertz CT molecular complexity index is 778. The van der Waals surface area contributed by atoms with E-state index in [2.05, 4.69) is 4.98 Å². The maximum atomic E-state index is 11.7. The van der Waals surface area contributed by atoms with E-state index in [1.165, 1.54) is 15.8 Å². The van der Waals surface area contributed by atoms with Gasteiger partial charge in [0.1, 0.15) is 0 Å². The molecule has 0 amide bonds. The molecular formula is C17H25N5O2. The third-order valence-electron chi connectivity index (χ3n) is 3.12. The van der Waals surface area contributed by atoms with Gasteiger partial charge in [-0.25, -0.2) is 10.6 Å². The highest BCUT2D eigenvalue weighted by atomic mass is 16.2. The number of nitrogens with zero attached hydrogens (tertiary/aromatic N) is 2. The van der Waals surface area contributed by atoms with E-state index in [4.69, 9.17) is 11.6 Å². The summed E-state index contributed by atoms with van der Waals surface area (Å²) in [5, 5.41) is 1.33. The summed E-state index contributed by atoms with van der Waals surface area (Å²) in [6.45, 7) is 4.15. The summed E-state index contributed by atoms with van der Waals surface area (Å²) < 4.78 is 1.29. The van der Waals surface area contributed by atoms with E-state index in [1.54, 1.807) is 13.2 Å². The minimum atomic E-state index is -0.462. The number of hydrazine groups is 1. The molecule has 2 aromatic rings. The van der Waals surface area contributed by atoms with Gasteiger partial charge in [-0.15, -0.1) is 0 Å². The lowest BCUT2D eigenvalue weighted by Gasteiger charge is -2.15. The Labute approximate surface area is 141 Å². The van der Waals surface area contributed by atoms with E-state index < -0.39 is 11.2 Å². The first-order valence-electron chi connectivity index (χ1n) is 7.76. The number of nitrogens with one attached hydrogen (secondary N) is 1. The molecule has 0 fully saturated rings. The van der Waals surface area contributed by atoms with Gasteiger partial charge < -0.3 is 15.3 Å². The van der Waals surface area contributed by atoms with E-state index in [9.17, 15) is 9.59 Å². The molecule has 1 aromatic carbocycles. The number of aromatic amines is 1. The molecule has 0 atom stereocenters. The van der Waals surface area contributed by atoms with Crippen LogP contribution in [0.5, 0.6) is 0 Å². The van der Waals surface area contributed by atoms with Crippen molar-refractivity contribution >= 4 is 0 Å². The van der Waals surface area contributed by atoms with Gasteiger partial charge in [0.25, 0.3) is 5.56 Å². The molecule has 0 spiro atoms. The maximum absolute atomic E-state index is 11.7. The molecular weight excluding hydrogens is 306 g/mol. The third-order valence-corrected chi connectivity index (χ3v) is 3.12. The number of hydrogen-bond donors (Lipinski definition) is 3. The second-order valence-corrected chi connectivity index (χ2v) is 5.06. The van der Waals surface area contributed by atoms with E-state index in [-0.39, 0.29) is 6.54 Å². The van der Waals surface area contributed by atoms with Crippen LogP contribution in [0, 0.1) is 0 Å². The summed E-state index contributed by atoms with van der Waals surface area (Å²) in [6.07, 6.45) is 3.61. The molecule has 0 aliphatic rings. The van der Waals surface area contributed by atoms with Crippen LogP contribution in [0.25, 0.3) is 0 Å². The van der Waals surface area contributed by atoms with Gasteiger partial charge in [-0.05, 0) is 5.56 Å². The summed E-state index contributed by atoms with van der Waals surface area (Å²) in [5.41, 5.74) is 7.07. The summed E-state index contributed by atoms with van der Waals surface area (Å²) >= 11 is 0. The lowest BCUT2D eigenvalue weighted by atomic mass is 10.1. The van der Waals surface area contributed by atoms with Crippen LogP contribution in [0.2, 0.25) is 0 Å². The van der Waals surface area contributed by atoms with E-state index in [0.717, 1.165) is 5.56 Å². The van der Waals surface area contributed by atoms with Gasteiger partial charge in [0.05, 0.1) is 12.1 Å². The monoisotopic (exact) mass is 331 g/mol. The molecule has 1 heterocycles.